The van der Waals surface area contributed by atoms with Crippen LogP contribution in [0, 0.1) is 0 Å². The quantitative estimate of drug-likeness (QED) is 0.711. The summed E-state index contributed by atoms with van der Waals surface area (Å²) in [6, 6.07) is 10.6. The van der Waals surface area contributed by atoms with Gasteiger partial charge in [0.25, 0.3) is 0 Å². The van der Waals surface area contributed by atoms with Gasteiger partial charge in [-0.15, -0.1) is 5.10 Å². The highest BCUT2D eigenvalue weighted by Crippen LogP contribution is 2.21. The topological polar surface area (TPSA) is 42.7 Å². The number of nitrogens with one attached hydrogen (secondary N) is 1. The lowest BCUT2D eigenvalue weighted by atomic mass is 10.1. The Morgan fingerprint density at radius 2 is 1.90 bits per heavy atom. The first-order valence-electron chi connectivity index (χ1n) is 8.06. The van der Waals surface area contributed by atoms with Crippen molar-refractivity contribution < 1.29 is 0 Å². The predicted molar refractivity (Wildman–Crippen MR) is 86.5 cm³/mol. The van der Waals surface area contributed by atoms with Crippen LogP contribution in [0.5, 0.6) is 0 Å². The minimum Gasteiger partial charge on any atom is -0.309 e. The summed E-state index contributed by atoms with van der Waals surface area (Å²) in [6.07, 6.45) is 7.92. The Morgan fingerprint density at radius 3 is 2.62 bits per heavy atom. The van der Waals surface area contributed by atoms with Crippen molar-refractivity contribution in [3.8, 4) is 5.69 Å². The molecule has 0 fully saturated rings. The van der Waals surface area contributed by atoms with E-state index < -0.39 is 0 Å². The first-order chi connectivity index (χ1) is 10.4. The number of nitrogens with zero attached hydrogens (tertiary/aromatic N) is 3. The van der Waals surface area contributed by atoms with E-state index in [1.165, 1.54) is 19.3 Å². The first-order valence-corrected chi connectivity index (χ1v) is 8.06. The number of unbranched alkanes of at least 4 members (excludes halogenated alkanes) is 2. The Balaban J connectivity index is 2.17. The Bertz CT molecular complexity index is 507. The van der Waals surface area contributed by atoms with E-state index in [1.807, 2.05) is 29.1 Å². The zero-order valence-electron chi connectivity index (χ0n) is 13.1. The highest BCUT2D eigenvalue weighted by Gasteiger charge is 2.17. The molecule has 2 rings (SSSR count). The van der Waals surface area contributed by atoms with Gasteiger partial charge in [0.05, 0.1) is 23.6 Å². The van der Waals surface area contributed by atoms with Gasteiger partial charge in [-0.05, 0) is 31.5 Å². The molecule has 0 aliphatic rings. The van der Waals surface area contributed by atoms with Crippen molar-refractivity contribution in [3.05, 3.63) is 42.2 Å². The summed E-state index contributed by atoms with van der Waals surface area (Å²) in [5.41, 5.74) is 2.23. The second-order valence-corrected chi connectivity index (χ2v) is 5.41. The fourth-order valence-corrected chi connectivity index (χ4v) is 2.52. The van der Waals surface area contributed by atoms with Gasteiger partial charge in [-0.3, -0.25) is 0 Å². The minimum absolute atomic E-state index is 0.326. The number of aromatic nitrogens is 3. The molecule has 0 aliphatic heterocycles. The van der Waals surface area contributed by atoms with Crippen LogP contribution in [-0.4, -0.2) is 21.5 Å². The fraction of sp³-hybridized carbons (Fsp3) is 0.529. The fourth-order valence-electron chi connectivity index (χ4n) is 2.52. The summed E-state index contributed by atoms with van der Waals surface area (Å²) in [6.45, 7) is 5.46. The predicted octanol–water partition coefficient (Wildman–Crippen LogP) is 3.89. The first kappa shape index (κ1) is 15.7. The third-order valence-corrected chi connectivity index (χ3v) is 3.67. The van der Waals surface area contributed by atoms with Gasteiger partial charge >= 0.3 is 0 Å². The molecule has 0 amide bonds. The van der Waals surface area contributed by atoms with Crippen LogP contribution in [-0.2, 0) is 0 Å². The highest BCUT2D eigenvalue weighted by molar-refractivity contribution is 5.32. The molecule has 1 unspecified atom stereocenters. The molecule has 1 heterocycles. The molecule has 0 radical (unpaired) electrons. The number of hydrogen-bond acceptors (Lipinski definition) is 3. The number of rotatable bonds is 9. The summed E-state index contributed by atoms with van der Waals surface area (Å²) in [5, 5.41) is 12.0. The number of benzene rings is 1. The summed E-state index contributed by atoms with van der Waals surface area (Å²) >= 11 is 0. The van der Waals surface area contributed by atoms with Crippen molar-refractivity contribution in [2.75, 3.05) is 6.54 Å². The lowest BCUT2D eigenvalue weighted by Gasteiger charge is -2.19. The molecule has 1 N–H and O–H groups in total. The molecule has 1 atom stereocenters. The summed E-state index contributed by atoms with van der Waals surface area (Å²) < 4.78 is 1.96. The molecular formula is C17H26N4. The summed E-state index contributed by atoms with van der Waals surface area (Å²) in [5.74, 6) is 0. The highest BCUT2D eigenvalue weighted by atomic mass is 15.4. The molecule has 4 nitrogen and oxygen atoms in total. The van der Waals surface area contributed by atoms with Crippen molar-refractivity contribution >= 4 is 0 Å². The average molecular weight is 286 g/mol. The maximum atomic E-state index is 4.27. The smallest absolute Gasteiger partial charge is 0.0815 e. The van der Waals surface area contributed by atoms with Crippen LogP contribution in [0.1, 0.15) is 57.7 Å². The molecule has 0 bridgehead atoms. The van der Waals surface area contributed by atoms with E-state index >= 15 is 0 Å². The minimum atomic E-state index is 0.326. The van der Waals surface area contributed by atoms with Crippen LogP contribution in [0.15, 0.2) is 36.5 Å². The van der Waals surface area contributed by atoms with Gasteiger partial charge in [0.2, 0.25) is 0 Å². The third-order valence-electron chi connectivity index (χ3n) is 3.67. The lowest BCUT2D eigenvalue weighted by molar-refractivity contribution is 0.456. The maximum Gasteiger partial charge on any atom is 0.0815 e. The second-order valence-electron chi connectivity index (χ2n) is 5.41. The maximum absolute atomic E-state index is 4.27. The van der Waals surface area contributed by atoms with Gasteiger partial charge in [-0.1, -0.05) is 56.5 Å². The summed E-state index contributed by atoms with van der Waals surface area (Å²) in [4.78, 5) is 0. The van der Waals surface area contributed by atoms with Gasteiger partial charge in [0.15, 0.2) is 0 Å². The second kappa shape index (κ2) is 8.57. The molecule has 0 saturated carbocycles. The van der Waals surface area contributed by atoms with Crippen molar-refractivity contribution in [3.63, 3.8) is 0 Å². The SMILES string of the molecule is CCCCCC(NCCC)c1cnnn1-c1ccccc1. The van der Waals surface area contributed by atoms with Crippen molar-refractivity contribution in [1.29, 1.82) is 0 Å². The van der Waals surface area contributed by atoms with Crippen LogP contribution in [0.2, 0.25) is 0 Å². The Labute approximate surface area is 127 Å². The molecule has 1 aromatic carbocycles. The Hall–Kier alpha value is -1.68. The van der Waals surface area contributed by atoms with Crippen LogP contribution >= 0.6 is 0 Å². The van der Waals surface area contributed by atoms with E-state index in [4.69, 9.17) is 0 Å². The average Bonchev–Trinajstić information content (AvgIpc) is 3.01. The van der Waals surface area contributed by atoms with E-state index in [9.17, 15) is 0 Å². The molecule has 0 spiro atoms. The molecule has 21 heavy (non-hydrogen) atoms. The van der Waals surface area contributed by atoms with Gasteiger partial charge in [-0.2, -0.15) is 0 Å². The molecule has 0 saturated heterocycles. The zero-order valence-corrected chi connectivity index (χ0v) is 13.1. The van der Waals surface area contributed by atoms with Crippen molar-refractivity contribution in [2.24, 2.45) is 0 Å². The number of para-hydroxylation sites is 1. The van der Waals surface area contributed by atoms with E-state index in [1.54, 1.807) is 0 Å². The monoisotopic (exact) mass is 286 g/mol. The molecule has 4 heteroatoms. The summed E-state index contributed by atoms with van der Waals surface area (Å²) in [7, 11) is 0. The van der Waals surface area contributed by atoms with Gasteiger partial charge in [0.1, 0.15) is 0 Å². The van der Waals surface area contributed by atoms with E-state index in [0.717, 1.165) is 30.8 Å². The lowest BCUT2D eigenvalue weighted by Crippen LogP contribution is -2.24. The Kier molecular flexibility index (Phi) is 6.41. The molecule has 0 aliphatic carbocycles. The van der Waals surface area contributed by atoms with Crippen molar-refractivity contribution in [2.45, 2.75) is 52.0 Å². The van der Waals surface area contributed by atoms with E-state index in [2.05, 4.69) is 41.6 Å². The van der Waals surface area contributed by atoms with Crippen LogP contribution < -0.4 is 5.32 Å². The zero-order chi connectivity index (χ0) is 14.9. The molecule has 1 aromatic heterocycles. The number of hydrogen-bond donors (Lipinski definition) is 1. The molecule has 2 aromatic rings. The van der Waals surface area contributed by atoms with E-state index in [-0.39, 0.29) is 0 Å². The standard InChI is InChI=1S/C17H26N4/c1-3-5-7-12-16(18-13-4-2)17-14-19-20-21(17)15-10-8-6-9-11-15/h6,8-11,14,16,18H,3-5,7,12-13H2,1-2H3. The largest absolute Gasteiger partial charge is 0.309 e. The Morgan fingerprint density at radius 1 is 1.10 bits per heavy atom. The molecule has 114 valence electrons. The molecular weight excluding hydrogens is 260 g/mol. The van der Waals surface area contributed by atoms with Gasteiger partial charge < -0.3 is 5.32 Å². The van der Waals surface area contributed by atoms with Crippen LogP contribution in [0.3, 0.4) is 0 Å². The van der Waals surface area contributed by atoms with Crippen LogP contribution in [0.4, 0.5) is 0 Å². The van der Waals surface area contributed by atoms with Gasteiger partial charge in [-0.25, -0.2) is 4.68 Å². The van der Waals surface area contributed by atoms with Crippen LogP contribution in [0.25, 0.3) is 5.69 Å². The van der Waals surface area contributed by atoms with Crippen molar-refractivity contribution in [1.82, 2.24) is 20.3 Å². The normalized spacial score (nSPS) is 12.5. The van der Waals surface area contributed by atoms with E-state index in [0.29, 0.717) is 6.04 Å². The van der Waals surface area contributed by atoms with Gasteiger partial charge in [0, 0.05) is 0 Å². The third kappa shape index (κ3) is 4.39.